The molecule has 0 bridgehead atoms. The van der Waals surface area contributed by atoms with Gasteiger partial charge in [-0.25, -0.2) is 0 Å². The zero-order chi connectivity index (χ0) is 39.0. The number of allylic oxidation sites excluding steroid dienone is 21. The first kappa shape index (κ1) is 45.9. The molecule has 0 heterocycles. The summed E-state index contributed by atoms with van der Waals surface area (Å²) in [6.07, 6.45) is 32.0. The molecule has 1 N–H and O–H groups in total. The van der Waals surface area contributed by atoms with Crippen molar-refractivity contribution in [3.63, 3.8) is 0 Å². The molecule has 0 aromatic rings. The topological polar surface area (TPSA) is 55.8 Å². The number of hydrogen-bond donors (Lipinski definition) is 1. The summed E-state index contributed by atoms with van der Waals surface area (Å²) in [7, 11) is 0. The first-order chi connectivity index (χ1) is 24.4. The van der Waals surface area contributed by atoms with Crippen molar-refractivity contribution in [1.82, 2.24) is 0 Å². The van der Waals surface area contributed by atoms with Crippen LogP contribution in [0.15, 0.2) is 130 Å². The van der Waals surface area contributed by atoms with Crippen molar-refractivity contribution in [1.29, 1.82) is 0 Å². The van der Waals surface area contributed by atoms with Gasteiger partial charge in [0.05, 0.1) is 6.10 Å². The Hall–Kier alpha value is -2.23. The van der Waals surface area contributed by atoms with Crippen molar-refractivity contribution in [3.05, 3.63) is 130 Å². The molecule has 0 aromatic carbocycles. The summed E-state index contributed by atoms with van der Waals surface area (Å²) in [6, 6.07) is 0. The average Bonchev–Trinajstić information content (AvgIpc) is 3.03. The van der Waals surface area contributed by atoms with Gasteiger partial charge in [0.2, 0.25) is 0 Å². The van der Waals surface area contributed by atoms with Gasteiger partial charge in [0.1, 0.15) is 0 Å². The van der Waals surface area contributed by atoms with Gasteiger partial charge in [-0.2, -0.15) is 0 Å². The zero-order valence-corrected chi connectivity index (χ0v) is 37.0. The molecule has 2 rings (SSSR count). The Morgan fingerprint density at radius 3 is 1.52 bits per heavy atom. The molecule has 6 heteroatoms. The third kappa shape index (κ3) is 16.4. The maximum atomic E-state index is 13.5. The Morgan fingerprint density at radius 2 is 1.10 bits per heavy atom. The van der Waals surface area contributed by atoms with Crippen molar-refractivity contribution in [2.24, 2.45) is 10.8 Å². The van der Waals surface area contributed by atoms with Gasteiger partial charge >= 0.3 is 191 Å². The molecule has 0 fully saturated rings. The van der Waals surface area contributed by atoms with E-state index in [9.17, 15) is 9.67 Å². The first-order valence-corrected chi connectivity index (χ1v) is 23.9. The Kier molecular flexibility index (Phi) is 19.6. The Labute approximate surface area is 324 Å². The molecule has 0 saturated heterocycles. The van der Waals surface area contributed by atoms with Gasteiger partial charge in [-0.1, -0.05) is 79.2 Å². The van der Waals surface area contributed by atoms with Crippen LogP contribution in [0, 0.1) is 10.8 Å². The summed E-state index contributed by atoms with van der Waals surface area (Å²) < 4.78 is 25.2. The fourth-order valence-corrected chi connectivity index (χ4v) is 14.7. The molecular formula is C46H69O4PSe. The van der Waals surface area contributed by atoms with E-state index in [0.29, 0.717) is 18.0 Å². The second-order valence-corrected chi connectivity index (χ2v) is 23.0. The van der Waals surface area contributed by atoms with Crippen LogP contribution in [-0.4, -0.2) is 38.9 Å². The van der Waals surface area contributed by atoms with Crippen molar-refractivity contribution >= 4 is 20.8 Å². The summed E-state index contributed by atoms with van der Waals surface area (Å²) in [6.45, 7) is 27.0. The number of aliphatic hydroxyl groups is 1. The molecule has 0 radical (unpaired) electrons. The first-order valence-electron chi connectivity index (χ1n) is 19.1. The molecule has 0 unspecified atom stereocenters. The Bertz CT molecular complexity index is 1570. The summed E-state index contributed by atoms with van der Waals surface area (Å²) in [4.78, 5) is 0.345. The number of aliphatic hydroxyl groups excluding tert-OH is 1. The van der Waals surface area contributed by atoms with Gasteiger partial charge in [-0.15, -0.1) is 0 Å². The molecule has 0 saturated carbocycles. The summed E-state index contributed by atoms with van der Waals surface area (Å²) in [5, 5.41) is 10.1. The molecule has 0 amide bonds. The van der Waals surface area contributed by atoms with Gasteiger partial charge in [0, 0.05) is 0 Å². The van der Waals surface area contributed by atoms with Crippen LogP contribution in [0.3, 0.4) is 0 Å². The molecule has 0 spiro atoms. The molecule has 4 nitrogen and oxygen atoms in total. The van der Waals surface area contributed by atoms with Crippen molar-refractivity contribution in [3.8, 4) is 0 Å². The van der Waals surface area contributed by atoms with Gasteiger partial charge < -0.3 is 5.11 Å². The minimum absolute atomic E-state index is 0.00114. The van der Waals surface area contributed by atoms with E-state index in [0.717, 1.165) is 38.5 Å². The molecular weight excluding hydrogens is 726 g/mol. The number of rotatable bonds is 18. The van der Waals surface area contributed by atoms with Gasteiger partial charge in [0.15, 0.2) is 0 Å². The SMILES string of the molecule is CCCOP(=O)(OCCC)[Se][C@H]1CC(C)=C(/C=C/C(C)=C/C=C/C(C)=C/C=C/C=C(C)/C=C/C=C(C)/C=C/C2=C(C)C[C@@H](O)CC2(C)C)C(C)(C)C1. The second kappa shape index (κ2) is 22.2. The Balaban J connectivity index is 1.95. The monoisotopic (exact) mass is 796 g/mol. The second-order valence-electron chi connectivity index (χ2n) is 15.9. The molecule has 2 aliphatic rings. The van der Waals surface area contributed by atoms with Crippen molar-refractivity contribution in [2.45, 2.75) is 133 Å². The van der Waals surface area contributed by atoms with Crippen LogP contribution in [0.1, 0.15) is 122 Å². The van der Waals surface area contributed by atoms with E-state index < -0.39 is 6.29 Å². The van der Waals surface area contributed by atoms with E-state index in [-0.39, 0.29) is 31.4 Å². The van der Waals surface area contributed by atoms with E-state index in [1.54, 1.807) is 0 Å². The fraction of sp³-hybridized carbons (Fsp3) is 0.522. The number of hydrogen-bond acceptors (Lipinski definition) is 4. The van der Waals surface area contributed by atoms with Crippen LogP contribution in [-0.2, 0) is 13.6 Å². The third-order valence-corrected chi connectivity index (χ3v) is 16.5. The van der Waals surface area contributed by atoms with Gasteiger partial charge in [-0.3, -0.25) is 0 Å². The van der Waals surface area contributed by atoms with Crippen LogP contribution in [0.5, 0.6) is 0 Å². The van der Waals surface area contributed by atoms with Gasteiger partial charge in [-0.05, 0) is 44.6 Å². The maximum absolute atomic E-state index is 13.5. The third-order valence-electron chi connectivity index (χ3n) is 9.41. The average molecular weight is 796 g/mol. The predicted molar refractivity (Wildman–Crippen MR) is 228 cm³/mol. The van der Waals surface area contributed by atoms with E-state index in [1.807, 2.05) is 13.8 Å². The fourth-order valence-electron chi connectivity index (χ4n) is 6.86. The van der Waals surface area contributed by atoms with Crippen molar-refractivity contribution < 1.29 is 18.7 Å². The normalized spacial score (nSPS) is 22.9. The van der Waals surface area contributed by atoms with Crippen LogP contribution in [0.2, 0.25) is 4.82 Å². The minimum atomic E-state index is -3.03. The zero-order valence-electron chi connectivity index (χ0n) is 34.4. The molecule has 0 aromatic heterocycles. The van der Waals surface area contributed by atoms with E-state index in [1.165, 1.54) is 44.6 Å². The molecule has 0 aliphatic heterocycles. The predicted octanol–water partition coefficient (Wildman–Crippen LogP) is 13.6. The van der Waals surface area contributed by atoms with Crippen LogP contribution < -0.4 is 0 Å². The van der Waals surface area contributed by atoms with Crippen LogP contribution in [0.4, 0.5) is 0 Å². The van der Waals surface area contributed by atoms with Crippen LogP contribution >= 0.6 is 6.29 Å². The summed E-state index contributed by atoms with van der Waals surface area (Å²) in [5.74, 6) is 0. The quantitative estimate of drug-likeness (QED) is 0.0853. The molecule has 2 aliphatic carbocycles. The molecule has 2 atom stereocenters. The Morgan fingerprint density at radius 1 is 0.692 bits per heavy atom. The molecule has 52 heavy (non-hydrogen) atoms. The van der Waals surface area contributed by atoms with E-state index >= 15 is 0 Å². The summed E-state index contributed by atoms with van der Waals surface area (Å²) in [5.41, 5.74) is 10.1. The van der Waals surface area contributed by atoms with Gasteiger partial charge in [0.25, 0.3) is 0 Å². The van der Waals surface area contributed by atoms with E-state index in [2.05, 4.69) is 154 Å². The van der Waals surface area contributed by atoms with E-state index in [4.69, 9.17) is 9.05 Å². The van der Waals surface area contributed by atoms with Crippen molar-refractivity contribution in [2.75, 3.05) is 13.2 Å². The van der Waals surface area contributed by atoms with Crippen LogP contribution in [0.25, 0.3) is 0 Å². The molecule has 288 valence electrons. The summed E-state index contributed by atoms with van der Waals surface area (Å²) >= 11 is -0.204. The standard InChI is InChI=1S/C46H69O4PSe/c1-13-29-49-51(48,50-30-14-2)52-42-32-40(8)44(46(11,12)34-42)28-26-38(6)24-18-22-36(4)20-16-15-19-35(3)21-17-23-37(5)25-27-43-39(7)31-41(47)33-45(43,9)10/h15-28,41-42,47H,13-14,29-34H2,1-12H3/b16-15+,21-17+,22-18+,27-25+,28-26+,35-19+,36-20+,37-23+,38-24+/t41-,42+/m1/s1.